The molecule has 3 N–H and O–H groups in total. The Hall–Kier alpha value is -3.02. The molecule has 1 unspecified atom stereocenters. The molecule has 0 heterocycles. The number of hydrogen-bond donors (Lipinski definition) is 3. The zero-order chi connectivity index (χ0) is 18.4. The van der Waals surface area contributed by atoms with Crippen LogP contribution in [0.15, 0.2) is 42.5 Å². The lowest BCUT2D eigenvalue weighted by Crippen LogP contribution is -2.32. The smallest absolute Gasteiger partial charge is 0.246 e. The highest BCUT2D eigenvalue weighted by molar-refractivity contribution is 5.96. The van der Waals surface area contributed by atoms with Crippen LogP contribution in [0.3, 0.4) is 0 Å². The van der Waals surface area contributed by atoms with Gasteiger partial charge in [-0.05, 0) is 44.2 Å². The third-order valence-corrected chi connectivity index (χ3v) is 3.60. The number of carbonyl (C=O) groups is 2. The van der Waals surface area contributed by atoms with Crippen LogP contribution >= 0.6 is 0 Å². The lowest BCUT2D eigenvalue weighted by Gasteiger charge is -2.18. The summed E-state index contributed by atoms with van der Waals surface area (Å²) in [7, 11) is 1.55. The zero-order valence-corrected chi connectivity index (χ0v) is 14.8. The number of hydrogen-bond acceptors (Lipinski definition) is 4. The summed E-state index contributed by atoms with van der Waals surface area (Å²) in [6.45, 7) is 5.19. The minimum atomic E-state index is -0.497. The summed E-state index contributed by atoms with van der Waals surface area (Å²) in [6.07, 6.45) is 0. The molecule has 1 atom stereocenters. The summed E-state index contributed by atoms with van der Waals surface area (Å²) in [6, 6.07) is 12.3. The summed E-state index contributed by atoms with van der Waals surface area (Å²) in [5.41, 5.74) is 3.12. The first-order chi connectivity index (χ1) is 11.9. The van der Waals surface area contributed by atoms with Crippen LogP contribution in [-0.2, 0) is 9.59 Å². The van der Waals surface area contributed by atoms with E-state index in [1.54, 1.807) is 32.2 Å². The molecule has 0 saturated heterocycles. The first-order valence-corrected chi connectivity index (χ1v) is 7.98. The Balaban J connectivity index is 2.09. The molecular weight excluding hydrogens is 318 g/mol. The van der Waals surface area contributed by atoms with Gasteiger partial charge in [-0.1, -0.05) is 17.7 Å². The van der Waals surface area contributed by atoms with Gasteiger partial charge >= 0.3 is 0 Å². The van der Waals surface area contributed by atoms with Crippen molar-refractivity contribution in [3.8, 4) is 5.75 Å². The van der Waals surface area contributed by atoms with Crippen molar-refractivity contribution in [1.82, 2.24) is 0 Å². The number of anilines is 3. The summed E-state index contributed by atoms with van der Waals surface area (Å²) >= 11 is 0. The third kappa shape index (κ3) is 5.24. The number of carbonyl (C=O) groups excluding carboxylic acids is 2. The van der Waals surface area contributed by atoms with Gasteiger partial charge in [-0.25, -0.2) is 0 Å². The molecular formula is C19H23N3O3. The third-order valence-electron chi connectivity index (χ3n) is 3.60. The molecule has 2 aromatic carbocycles. The number of ether oxygens (including phenoxy) is 1. The fraction of sp³-hybridized carbons (Fsp3) is 0.263. The number of aryl methyl sites for hydroxylation is 1. The Kier molecular flexibility index (Phi) is 6.00. The van der Waals surface area contributed by atoms with Crippen LogP contribution in [0.5, 0.6) is 5.75 Å². The van der Waals surface area contributed by atoms with E-state index in [9.17, 15) is 9.59 Å². The van der Waals surface area contributed by atoms with Crippen molar-refractivity contribution in [1.29, 1.82) is 0 Å². The number of nitrogens with one attached hydrogen (secondary N) is 3. The normalized spacial score (nSPS) is 11.4. The Morgan fingerprint density at radius 1 is 1.00 bits per heavy atom. The monoisotopic (exact) mass is 341 g/mol. The quantitative estimate of drug-likeness (QED) is 0.752. The van der Waals surface area contributed by atoms with E-state index in [0.717, 1.165) is 11.3 Å². The lowest BCUT2D eigenvalue weighted by atomic mass is 10.2. The second-order valence-corrected chi connectivity index (χ2v) is 5.82. The van der Waals surface area contributed by atoms with Crippen LogP contribution in [0.1, 0.15) is 19.4 Å². The van der Waals surface area contributed by atoms with Crippen molar-refractivity contribution >= 4 is 28.9 Å². The minimum Gasteiger partial charge on any atom is -0.495 e. The summed E-state index contributed by atoms with van der Waals surface area (Å²) in [5, 5.41) is 8.69. The predicted molar refractivity (Wildman–Crippen MR) is 100 cm³/mol. The van der Waals surface area contributed by atoms with E-state index < -0.39 is 6.04 Å². The maximum absolute atomic E-state index is 12.4. The Morgan fingerprint density at radius 3 is 2.24 bits per heavy atom. The molecule has 0 aliphatic carbocycles. The topological polar surface area (TPSA) is 79.5 Å². The van der Waals surface area contributed by atoms with Gasteiger partial charge in [-0.3, -0.25) is 9.59 Å². The SMILES string of the molecule is COc1ccc(NC(C)=O)cc1NC(C)C(=O)Nc1ccc(C)cc1. The van der Waals surface area contributed by atoms with Crippen molar-refractivity contribution in [2.24, 2.45) is 0 Å². The summed E-state index contributed by atoms with van der Waals surface area (Å²) < 4.78 is 5.31. The number of methoxy groups -OCH3 is 1. The van der Waals surface area contributed by atoms with Crippen LogP contribution in [0.2, 0.25) is 0 Å². The van der Waals surface area contributed by atoms with Gasteiger partial charge in [0.1, 0.15) is 11.8 Å². The highest BCUT2D eigenvalue weighted by atomic mass is 16.5. The Morgan fingerprint density at radius 2 is 1.64 bits per heavy atom. The van der Waals surface area contributed by atoms with E-state index in [4.69, 9.17) is 4.74 Å². The summed E-state index contributed by atoms with van der Waals surface area (Å²) in [4.78, 5) is 23.6. The Labute approximate surface area is 147 Å². The van der Waals surface area contributed by atoms with Crippen LogP contribution in [0, 0.1) is 6.92 Å². The van der Waals surface area contributed by atoms with Crippen molar-refractivity contribution in [3.63, 3.8) is 0 Å². The fourth-order valence-electron chi connectivity index (χ4n) is 2.29. The van der Waals surface area contributed by atoms with Crippen LogP contribution in [0.25, 0.3) is 0 Å². The molecule has 2 aromatic rings. The fourth-order valence-corrected chi connectivity index (χ4v) is 2.29. The van der Waals surface area contributed by atoms with Crippen molar-refractivity contribution in [2.45, 2.75) is 26.8 Å². The number of rotatable bonds is 6. The molecule has 6 nitrogen and oxygen atoms in total. The molecule has 2 rings (SSSR count). The number of benzene rings is 2. The maximum Gasteiger partial charge on any atom is 0.246 e. The van der Waals surface area contributed by atoms with Gasteiger partial charge in [0.2, 0.25) is 11.8 Å². The molecule has 2 amide bonds. The van der Waals surface area contributed by atoms with Crippen molar-refractivity contribution in [2.75, 3.05) is 23.1 Å². The minimum absolute atomic E-state index is 0.165. The number of amides is 2. The Bertz CT molecular complexity index is 757. The average Bonchev–Trinajstić information content (AvgIpc) is 2.56. The summed E-state index contributed by atoms with van der Waals surface area (Å²) in [5.74, 6) is 0.251. The molecule has 0 fully saturated rings. The molecule has 132 valence electrons. The first-order valence-electron chi connectivity index (χ1n) is 7.98. The molecule has 0 bridgehead atoms. The molecule has 25 heavy (non-hydrogen) atoms. The second kappa shape index (κ2) is 8.19. The van der Waals surface area contributed by atoms with Gasteiger partial charge in [-0.15, -0.1) is 0 Å². The van der Waals surface area contributed by atoms with E-state index >= 15 is 0 Å². The maximum atomic E-state index is 12.4. The largest absolute Gasteiger partial charge is 0.495 e. The van der Waals surface area contributed by atoms with Crippen LogP contribution in [-0.4, -0.2) is 25.0 Å². The molecule has 0 saturated carbocycles. The zero-order valence-electron chi connectivity index (χ0n) is 14.8. The molecule has 0 radical (unpaired) electrons. The van der Waals surface area contributed by atoms with Crippen molar-refractivity contribution < 1.29 is 14.3 Å². The van der Waals surface area contributed by atoms with Gasteiger partial charge in [0.15, 0.2) is 0 Å². The van der Waals surface area contributed by atoms with Gasteiger partial charge in [0, 0.05) is 18.3 Å². The first kappa shape index (κ1) is 18.3. The average molecular weight is 341 g/mol. The van der Waals surface area contributed by atoms with Gasteiger partial charge in [0.25, 0.3) is 0 Å². The second-order valence-electron chi connectivity index (χ2n) is 5.82. The standard InChI is InChI=1S/C19H23N3O3/c1-12-5-7-15(8-6-12)22-19(24)13(2)20-17-11-16(21-14(3)23)9-10-18(17)25-4/h5-11,13,20H,1-4H3,(H,21,23)(H,22,24). The lowest BCUT2D eigenvalue weighted by molar-refractivity contribution is -0.116. The highest BCUT2D eigenvalue weighted by Gasteiger charge is 2.15. The van der Waals surface area contributed by atoms with Gasteiger partial charge in [0.05, 0.1) is 12.8 Å². The van der Waals surface area contributed by atoms with Crippen LogP contribution in [0.4, 0.5) is 17.1 Å². The van der Waals surface area contributed by atoms with Gasteiger partial charge in [-0.2, -0.15) is 0 Å². The molecule has 0 aromatic heterocycles. The van der Waals surface area contributed by atoms with E-state index in [1.165, 1.54) is 6.92 Å². The molecule has 0 spiro atoms. The van der Waals surface area contributed by atoms with E-state index in [1.807, 2.05) is 31.2 Å². The highest BCUT2D eigenvalue weighted by Crippen LogP contribution is 2.28. The van der Waals surface area contributed by atoms with Gasteiger partial charge < -0.3 is 20.7 Å². The van der Waals surface area contributed by atoms with E-state index in [-0.39, 0.29) is 11.8 Å². The molecule has 0 aliphatic rings. The van der Waals surface area contributed by atoms with E-state index in [2.05, 4.69) is 16.0 Å². The molecule has 0 aliphatic heterocycles. The molecule has 6 heteroatoms. The van der Waals surface area contributed by atoms with Crippen LogP contribution < -0.4 is 20.7 Å². The van der Waals surface area contributed by atoms with Crippen molar-refractivity contribution in [3.05, 3.63) is 48.0 Å². The predicted octanol–water partition coefficient (Wildman–Crippen LogP) is 3.40. The van der Waals surface area contributed by atoms with E-state index in [0.29, 0.717) is 17.1 Å².